The van der Waals surface area contributed by atoms with Crippen LogP contribution in [0.25, 0.3) is 0 Å². The van der Waals surface area contributed by atoms with Gasteiger partial charge in [-0.1, -0.05) is 13.0 Å². The summed E-state index contributed by atoms with van der Waals surface area (Å²) in [5.41, 5.74) is 2.39. The van der Waals surface area contributed by atoms with Gasteiger partial charge in [0.25, 0.3) is 0 Å². The molecular weight excluding hydrogens is 200 g/mol. The molecule has 1 aromatic rings. The third kappa shape index (κ3) is 1.16. The maximum absolute atomic E-state index is 12.0. The predicted octanol–water partition coefficient (Wildman–Crippen LogP) is 2.79. The Kier molecular flexibility index (Phi) is 1.91. The standard InChI is InChI=1S/C14H16O2/c1-14-7-6-9-8-10(15)2-3-11(9)12(14)4-5-13(14)16/h2-3,8,12,15H,4-7H2,1H3/t12-,14-/m0/s1. The van der Waals surface area contributed by atoms with E-state index in [0.29, 0.717) is 17.5 Å². The lowest BCUT2D eigenvalue weighted by molar-refractivity contribution is -0.126. The monoisotopic (exact) mass is 216 g/mol. The van der Waals surface area contributed by atoms with Gasteiger partial charge in [-0.25, -0.2) is 0 Å². The predicted molar refractivity (Wildman–Crippen MR) is 61.5 cm³/mol. The number of ketones is 1. The van der Waals surface area contributed by atoms with E-state index in [9.17, 15) is 9.90 Å². The molecule has 2 atom stereocenters. The average Bonchev–Trinajstić information content (AvgIpc) is 2.56. The number of phenols is 1. The number of fused-ring (bicyclic) bond motifs is 3. The van der Waals surface area contributed by atoms with Crippen LogP contribution in [-0.2, 0) is 11.2 Å². The van der Waals surface area contributed by atoms with Crippen molar-refractivity contribution in [2.45, 2.75) is 38.5 Å². The summed E-state index contributed by atoms with van der Waals surface area (Å²) >= 11 is 0. The van der Waals surface area contributed by atoms with Crippen LogP contribution in [0.3, 0.4) is 0 Å². The van der Waals surface area contributed by atoms with E-state index in [-0.39, 0.29) is 5.41 Å². The third-order valence-corrected chi connectivity index (χ3v) is 4.48. The largest absolute Gasteiger partial charge is 0.508 e. The minimum absolute atomic E-state index is 0.135. The molecule has 3 rings (SSSR count). The smallest absolute Gasteiger partial charge is 0.139 e. The van der Waals surface area contributed by atoms with E-state index in [0.717, 1.165) is 25.7 Å². The number of aromatic hydroxyl groups is 1. The normalized spacial score (nSPS) is 32.3. The van der Waals surface area contributed by atoms with Crippen LogP contribution in [0.15, 0.2) is 18.2 Å². The lowest BCUT2D eigenvalue weighted by Gasteiger charge is -2.36. The SMILES string of the molecule is C[C@]12CCc3cc(O)ccc3[C@@H]1CCC2=O. The van der Waals surface area contributed by atoms with Gasteiger partial charge >= 0.3 is 0 Å². The van der Waals surface area contributed by atoms with Crippen molar-refractivity contribution in [3.63, 3.8) is 0 Å². The molecule has 0 spiro atoms. The molecule has 2 aliphatic rings. The topological polar surface area (TPSA) is 37.3 Å². The zero-order chi connectivity index (χ0) is 11.3. The molecule has 16 heavy (non-hydrogen) atoms. The summed E-state index contributed by atoms with van der Waals surface area (Å²) in [5.74, 6) is 1.15. The first-order valence-electron chi connectivity index (χ1n) is 5.96. The van der Waals surface area contributed by atoms with E-state index in [1.807, 2.05) is 12.1 Å². The van der Waals surface area contributed by atoms with E-state index < -0.39 is 0 Å². The zero-order valence-electron chi connectivity index (χ0n) is 9.49. The van der Waals surface area contributed by atoms with E-state index in [4.69, 9.17) is 0 Å². The fourth-order valence-electron chi connectivity index (χ4n) is 3.43. The number of benzene rings is 1. The Balaban J connectivity index is 2.11. The van der Waals surface area contributed by atoms with Gasteiger partial charge in [-0.3, -0.25) is 4.79 Å². The van der Waals surface area contributed by atoms with E-state index in [2.05, 4.69) is 6.92 Å². The highest BCUT2D eigenvalue weighted by Crippen LogP contribution is 2.53. The Hall–Kier alpha value is -1.31. The highest BCUT2D eigenvalue weighted by molar-refractivity contribution is 5.88. The van der Waals surface area contributed by atoms with Crippen LogP contribution in [0.5, 0.6) is 5.75 Å². The fraction of sp³-hybridized carbons (Fsp3) is 0.500. The Morgan fingerprint density at radius 3 is 3.00 bits per heavy atom. The van der Waals surface area contributed by atoms with Crippen LogP contribution in [0.4, 0.5) is 0 Å². The van der Waals surface area contributed by atoms with Crippen molar-refractivity contribution in [3.05, 3.63) is 29.3 Å². The second-order valence-electron chi connectivity index (χ2n) is 5.32. The quantitative estimate of drug-likeness (QED) is 0.724. The summed E-state index contributed by atoms with van der Waals surface area (Å²) < 4.78 is 0. The average molecular weight is 216 g/mol. The Labute approximate surface area is 95.3 Å². The maximum atomic E-state index is 12.0. The Morgan fingerprint density at radius 2 is 2.19 bits per heavy atom. The first-order chi connectivity index (χ1) is 7.61. The molecule has 2 heteroatoms. The van der Waals surface area contributed by atoms with Crippen molar-refractivity contribution in [1.29, 1.82) is 0 Å². The van der Waals surface area contributed by atoms with Gasteiger partial charge < -0.3 is 5.11 Å². The molecule has 1 saturated carbocycles. The number of hydrogen-bond donors (Lipinski definition) is 1. The molecule has 0 aliphatic heterocycles. The number of rotatable bonds is 0. The molecule has 0 radical (unpaired) electrons. The van der Waals surface area contributed by atoms with Crippen molar-refractivity contribution in [2.75, 3.05) is 0 Å². The van der Waals surface area contributed by atoms with Gasteiger partial charge in [-0.05, 0) is 48.4 Å². The maximum Gasteiger partial charge on any atom is 0.139 e. The summed E-state index contributed by atoms with van der Waals surface area (Å²) in [6.45, 7) is 2.11. The van der Waals surface area contributed by atoms with Gasteiger partial charge in [0.05, 0.1) is 0 Å². The molecule has 1 fully saturated rings. The number of phenolic OH excluding ortho intramolecular Hbond substituents is 1. The van der Waals surface area contributed by atoms with Gasteiger partial charge in [-0.15, -0.1) is 0 Å². The van der Waals surface area contributed by atoms with Crippen molar-refractivity contribution in [3.8, 4) is 5.75 Å². The summed E-state index contributed by atoms with van der Waals surface area (Å²) in [4.78, 5) is 12.0. The minimum atomic E-state index is -0.135. The molecule has 2 nitrogen and oxygen atoms in total. The number of carbonyl (C=O) groups is 1. The summed E-state index contributed by atoms with van der Waals surface area (Å²) in [6.07, 6.45) is 3.56. The van der Waals surface area contributed by atoms with Gasteiger partial charge in [0.2, 0.25) is 0 Å². The van der Waals surface area contributed by atoms with Crippen LogP contribution < -0.4 is 0 Å². The second-order valence-corrected chi connectivity index (χ2v) is 5.32. The molecule has 84 valence electrons. The summed E-state index contributed by atoms with van der Waals surface area (Å²) in [5, 5.41) is 9.48. The van der Waals surface area contributed by atoms with Crippen LogP contribution in [-0.4, -0.2) is 10.9 Å². The first kappa shape index (κ1) is 9.88. The summed E-state index contributed by atoms with van der Waals surface area (Å²) in [7, 11) is 0. The number of aryl methyl sites for hydroxylation is 1. The van der Waals surface area contributed by atoms with Crippen LogP contribution in [0.2, 0.25) is 0 Å². The van der Waals surface area contributed by atoms with Crippen molar-refractivity contribution in [2.24, 2.45) is 5.41 Å². The first-order valence-corrected chi connectivity index (χ1v) is 5.96. The number of carbonyl (C=O) groups excluding carboxylic acids is 1. The van der Waals surface area contributed by atoms with E-state index in [1.54, 1.807) is 6.07 Å². The molecule has 0 amide bonds. The Morgan fingerprint density at radius 1 is 1.38 bits per heavy atom. The van der Waals surface area contributed by atoms with E-state index >= 15 is 0 Å². The number of hydrogen-bond acceptors (Lipinski definition) is 2. The minimum Gasteiger partial charge on any atom is -0.508 e. The van der Waals surface area contributed by atoms with Gasteiger partial charge in [-0.2, -0.15) is 0 Å². The van der Waals surface area contributed by atoms with E-state index in [1.165, 1.54) is 11.1 Å². The highest BCUT2D eigenvalue weighted by atomic mass is 16.3. The molecular formula is C14H16O2. The molecule has 0 saturated heterocycles. The lowest BCUT2D eigenvalue weighted by Crippen LogP contribution is -2.32. The highest BCUT2D eigenvalue weighted by Gasteiger charge is 2.48. The van der Waals surface area contributed by atoms with Crippen LogP contribution in [0, 0.1) is 5.41 Å². The Bertz CT molecular complexity index is 464. The van der Waals surface area contributed by atoms with Gasteiger partial charge in [0.1, 0.15) is 11.5 Å². The van der Waals surface area contributed by atoms with Crippen LogP contribution >= 0.6 is 0 Å². The number of Topliss-reactive ketones (excluding diaryl/α,β-unsaturated/α-hetero) is 1. The fourth-order valence-corrected chi connectivity index (χ4v) is 3.43. The van der Waals surface area contributed by atoms with Crippen molar-refractivity contribution < 1.29 is 9.90 Å². The molecule has 1 aromatic carbocycles. The molecule has 0 aromatic heterocycles. The second kappa shape index (κ2) is 3.09. The molecule has 0 bridgehead atoms. The molecule has 1 N–H and O–H groups in total. The van der Waals surface area contributed by atoms with Crippen molar-refractivity contribution in [1.82, 2.24) is 0 Å². The summed E-state index contributed by atoms with van der Waals surface area (Å²) in [6, 6.07) is 5.61. The van der Waals surface area contributed by atoms with Gasteiger partial charge in [0, 0.05) is 11.8 Å². The van der Waals surface area contributed by atoms with Crippen LogP contribution in [0.1, 0.15) is 43.2 Å². The molecule has 0 unspecified atom stereocenters. The van der Waals surface area contributed by atoms with Crippen molar-refractivity contribution >= 4 is 5.78 Å². The third-order valence-electron chi connectivity index (χ3n) is 4.48. The molecule has 0 heterocycles. The zero-order valence-corrected chi connectivity index (χ0v) is 9.49. The van der Waals surface area contributed by atoms with Gasteiger partial charge in [0.15, 0.2) is 0 Å². The molecule has 2 aliphatic carbocycles. The lowest BCUT2D eigenvalue weighted by atomic mass is 9.66.